The number of nitrogens with one attached hydrogen (secondary N) is 2. The fourth-order valence-corrected chi connectivity index (χ4v) is 3.03. The van der Waals surface area contributed by atoms with Crippen LogP contribution in [0.15, 0.2) is 0 Å². The maximum atomic E-state index is 11.9. The minimum atomic E-state index is -0.0574. The first-order valence-electron chi connectivity index (χ1n) is 6.09. The Balaban J connectivity index is 2.15. The Hall–Kier alpha value is -0.940. The van der Waals surface area contributed by atoms with E-state index in [1.807, 2.05) is 20.8 Å². The zero-order valence-electron chi connectivity index (χ0n) is 10.5. The smallest absolute Gasteiger partial charge is 0.271 e. The van der Waals surface area contributed by atoms with E-state index in [4.69, 9.17) is 0 Å². The van der Waals surface area contributed by atoms with Gasteiger partial charge in [0.15, 0.2) is 0 Å². The molecule has 0 saturated carbocycles. The Bertz CT molecular complexity index is 408. The lowest BCUT2D eigenvalue weighted by molar-refractivity contribution is 0.0938. The molecule has 1 aromatic heterocycles. The first-order valence-corrected chi connectivity index (χ1v) is 6.91. The van der Waals surface area contributed by atoms with Crippen molar-refractivity contribution in [3.8, 4) is 0 Å². The summed E-state index contributed by atoms with van der Waals surface area (Å²) in [5, 5.41) is 7.35. The van der Waals surface area contributed by atoms with Gasteiger partial charge in [-0.2, -0.15) is 0 Å². The van der Waals surface area contributed by atoms with Gasteiger partial charge < -0.3 is 10.6 Å². The van der Waals surface area contributed by atoms with Crippen molar-refractivity contribution in [3.05, 3.63) is 15.6 Å². The lowest BCUT2D eigenvalue weighted by Crippen LogP contribution is -2.30. The minimum Gasteiger partial charge on any atom is -0.348 e. The lowest BCUT2D eigenvalue weighted by Gasteiger charge is -2.07. The Kier molecular flexibility index (Phi) is 3.79. The second kappa shape index (κ2) is 5.14. The number of amides is 1. The summed E-state index contributed by atoms with van der Waals surface area (Å²) < 4.78 is 0. The van der Waals surface area contributed by atoms with E-state index < -0.39 is 0 Å². The number of thiazole rings is 1. The second-order valence-electron chi connectivity index (χ2n) is 4.73. The summed E-state index contributed by atoms with van der Waals surface area (Å²) in [4.78, 5) is 17.4. The van der Waals surface area contributed by atoms with Crippen LogP contribution in [0.2, 0.25) is 0 Å². The summed E-state index contributed by atoms with van der Waals surface area (Å²) in [5.41, 5.74) is 0.590. The second-order valence-corrected chi connectivity index (χ2v) is 5.97. The number of aryl methyl sites for hydroxylation is 1. The van der Waals surface area contributed by atoms with Gasteiger partial charge >= 0.3 is 0 Å². The molecule has 1 aliphatic heterocycles. The first-order chi connectivity index (χ1) is 8.08. The highest BCUT2D eigenvalue weighted by Crippen LogP contribution is 2.28. The highest BCUT2D eigenvalue weighted by atomic mass is 32.1. The van der Waals surface area contributed by atoms with Crippen LogP contribution in [0.5, 0.6) is 0 Å². The van der Waals surface area contributed by atoms with Crippen LogP contribution in [0.3, 0.4) is 0 Å². The number of carbonyl (C=O) groups excluding carboxylic acids is 1. The van der Waals surface area contributed by atoms with E-state index in [9.17, 15) is 4.79 Å². The van der Waals surface area contributed by atoms with Gasteiger partial charge in [0.2, 0.25) is 0 Å². The standard InChI is InChI=1S/C12H19N3OS/c1-7(2)14-11(16)10-8(3)17-12(15-10)9-5-4-6-13-9/h7,9,13H,4-6H2,1-3H3,(H,14,16). The summed E-state index contributed by atoms with van der Waals surface area (Å²) >= 11 is 1.63. The van der Waals surface area contributed by atoms with Gasteiger partial charge in [0, 0.05) is 10.9 Å². The third kappa shape index (κ3) is 2.84. The van der Waals surface area contributed by atoms with Crippen LogP contribution in [0.4, 0.5) is 0 Å². The van der Waals surface area contributed by atoms with E-state index in [-0.39, 0.29) is 11.9 Å². The van der Waals surface area contributed by atoms with Crippen LogP contribution in [-0.4, -0.2) is 23.5 Å². The van der Waals surface area contributed by atoms with E-state index in [2.05, 4.69) is 15.6 Å². The molecule has 0 spiro atoms. The molecule has 0 bridgehead atoms. The third-order valence-corrected chi connectivity index (χ3v) is 3.89. The Labute approximate surface area is 106 Å². The van der Waals surface area contributed by atoms with Crippen LogP contribution in [0.25, 0.3) is 0 Å². The van der Waals surface area contributed by atoms with Crippen molar-refractivity contribution in [2.45, 2.75) is 45.7 Å². The maximum absolute atomic E-state index is 11.9. The summed E-state index contributed by atoms with van der Waals surface area (Å²) in [6, 6.07) is 0.496. The summed E-state index contributed by atoms with van der Waals surface area (Å²) in [6.07, 6.45) is 2.31. The molecule has 2 heterocycles. The number of aromatic nitrogens is 1. The van der Waals surface area contributed by atoms with E-state index in [0.29, 0.717) is 11.7 Å². The molecule has 0 radical (unpaired) electrons. The van der Waals surface area contributed by atoms with Crippen molar-refractivity contribution in [2.24, 2.45) is 0 Å². The van der Waals surface area contributed by atoms with Crippen molar-refractivity contribution in [2.75, 3.05) is 6.54 Å². The Morgan fingerprint density at radius 1 is 1.59 bits per heavy atom. The largest absolute Gasteiger partial charge is 0.348 e. The van der Waals surface area contributed by atoms with Crippen LogP contribution in [-0.2, 0) is 0 Å². The first kappa shape index (κ1) is 12.5. The molecule has 1 aromatic rings. The fourth-order valence-electron chi connectivity index (χ4n) is 2.00. The molecule has 0 aromatic carbocycles. The van der Waals surface area contributed by atoms with Crippen LogP contribution in [0.1, 0.15) is 53.1 Å². The Morgan fingerprint density at radius 2 is 2.35 bits per heavy atom. The predicted molar refractivity (Wildman–Crippen MR) is 69.4 cm³/mol. The van der Waals surface area contributed by atoms with Gasteiger partial charge in [-0.05, 0) is 40.2 Å². The van der Waals surface area contributed by atoms with Crippen molar-refractivity contribution in [3.63, 3.8) is 0 Å². The number of nitrogens with zero attached hydrogens (tertiary/aromatic N) is 1. The quantitative estimate of drug-likeness (QED) is 0.866. The molecule has 1 unspecified atom stereocenters. The van der Waals surface area contributed by atoms with Gasteiger partial charge in [0.05, 0.1) is 6.04 Å². The molecule has 1 amide bonds. The zero-order valence-corrected chi connectivity index (χ0v) is 11.4. The molecule has 1 fully saturated rings. The van der Waals surface area contributed by atoms with Crippen molar-refractivity contribution < 1.29 is 4.79 Å². The van der Waals surface area contributed by atoms with Crippen molar-refractivity contribution in [1.29, 1.82) is 0 Å². The van der Waals surface area contributed by atoms with Crippen LogP contribution >= 0.6 is 11.3 Å². The number of hydrogen-bond donors (Lipinski definition) is 2. The molecule has 94 valence electrons. The minimum absolute atomic E-state index is 0.0574. The normalized spacial score (nSPS) is 19.9. The molecule has 1 saturated heterocycles. The van der Waals surface area contributed by atoms with E-state index in [1.165, 1.54) is 6.42 Å². The van der Waals surface area contributed by atoms with Gasteiger partial charge in [-0.25, -0.2) is 4.98 Å². The highest BCUT2D eigenvalue weighted by molar-refractivity contribution is 7.12. The van der Waals surface area contributed by atoms with E-state index >= 15 is 0 Å². The molecule has 0 aliphatic carbocycles. The topological polar surface area (TPSA) is 54.0 Å². The van der Waals surface area contributed by atoms with Gasteiger partial charge in [-0.3, -0.25) is 4.79 Å². The number of carbonyl (C=O) groups is 1. The van der Waals surface area contributed by atoms with Crippen LogP contribution in [0, 0.1) is 6.92 Å². The molecule has 1 aliphatic rings. The lowest BCUT2D eigenvalue weighted by atomic mass is 10.2. The summed E-state index contributed by atoms with van der Waals surface area (Å²) in [6.45, 7) is 6.93. The SMILES string of the molecule is Cc1sc(C2CCCN2)nc1C(=O)NC(C)C. The molecule has 17 heavy (non-hydrogen) atoms. The fraction of sp³-hybridized carbons (Fsp3) is 0.667. The molecule has 5 heteroatoms. The van der Waals surface area contributed by atoms with Crippen LogP contribution < -0.4 is 10.6 Å². The summed E-state index contributed by atoms with van der Waals surface area (Å²) in [5.74, 6) is -0.0574. The third-order valence-electron chi connectivity index (χ3n) is 2.81. The zero-order chi connectivity index (χ0) is 12.4. The van der Waals surface area contributed by atoms with Crippen molar-refractivity contribution >= 4 is 17.2 Å². The molecular formula is C12H19N3OS. The predicted octanol–water partition coefficient (Wildman–Crippen LogP) is 2.01. The average Bonchev–Trinajstić information content (AvgIpc) is 2.84. The molecule has 2 N–H and O–H groups in total. The number of hydrogen-bond acceptors (Lipinski definition) is 4. The van der Waals surface area contributed by atoms with Gasteiger partial charge in [-0.15, -0.1) is 11.3 Å². The molecule has 2 rings (SSSR count). The maximum Gasteiger partial charge on any atom is 0.271 e. The van der Waals surface area contributed by atoms with Gasteiger partial charge in [0.1, 0.15) is 10.7 Å². The average molecular weight is 253 g/mol. The molecule has 1 atom stereocenters. The molecular weight excluding hydrogens is 234 g/mol. The van der Waals surface area contributed by atoms with Gasteiger partial charge in [0.25, 0.3) is 5.91 Å². The van der Waals surface area contributed by atoms with E-state index in [0.717, 1.165) is 22.9 Å². The molecule has 4 nitrogen and oxygen atoms in total. The Morgan fingerprint density at radius 3 is 2.94 bits per heavy atom. The van der Waals surface area contributed by atoms with E-state index in [1.54, 1.807) is 11.3 Å². The summed E-state index contributed by atoms with van der Waals surface area (Å²) in [7, 11) is 0. The van der Waals surface area contributed by atoms with Crippen molar-refractivity contribution in [1.82, 2.24) is 15.6 Å². The van der Waals surface area contributed by atoms with Gasteiger partial charge in [-0.1, -0.05) is 0 Å². The monoisotopic (exact) mass is 253 g/mol. The highest BCUT2D eigenvalue weighted by Gasteiger charge is 2.23. The number of rotatable bonds is 3.